The molecule has 4 heterocycles. The fraction of sp³-hybridized carbons (Fsp3) is 0.484. The SMILES string of the molecule is C[C@@H]1CN(CC(=O)N2CC(C)(C)c3cnc(Oc4ccccc4Cl)cc32)[C@@H](Cn2cc(F)cn2)CN1C(=O)OC(C)(C)C. The van der Waals surface area contributed by atoms with E-state index in [0.29, 0.717) is 42.8 Å². The molecule has 0 aliphatic carbocycles. The molecule has 1 fully saturated rings. The summed E-state index contributed by atoms with van der Waals surface area (Å²) in [5, 5.41) is 4.56. The number of ether oxygens (including phenoxy) is 2. The van der Waals surface area contributed by atoms with Crippen molar-refractivity contribution >= 4 is 29.3 Å². The van der Waals surface area contributed by atoms with Crippen molar-refractivity contribution in [1.82, 2.24) is 24.6 Å². The summed E-state index contributed by atoms with van der Waals surface area (Å²) in [6.45, 7) is 13.2. The number of amides is 2. The first kappa shape index (κ1) is 30.7. The summed E-state index contributed by atoms with van der Waals surface area (Å²) in [5.74, 6) is 0.258. The molecular formula is C31H38ClFN6O4. The standard InChI is InChI=1S/C31H38ClFN6O4/c1-20-14-36(22(16-37-15-21(33)12-35-37)17-38(20)29(41)43-30(2,3)4)18-28(40)39-19-31(5,6)23-13-34-27(11-25(23)39)42-26-10-8-7-9-24(26)32/h7-13,15,20,22H,14,16-19H2,1-6H3/t20-,22+/m1/s1. The predicted molar refractivity (Wildman–Crippen MR) is 161 cm³/mol. The topological polar surface area (TPSA) is 93.0 Å². The summed E-state index contributed by atoms with van der Waals surface area (Å²) >= 11 is 6.29. The molecular weight excluding hydrogens is 575 g/mol. The van der Waals surface area contributed by atoms with Gasteiger partial charge in [-0.25, -0.2) is 14.2 Å². The quantitative estimate of drug-likeness (QED) is 0.363. The molecule has 3 aromatic rings. The van der Waals surface area contributed by atoms with Gasteiger partial charge in [-0.1, -0.05) is 37.6 Å². The van der Waals surface area contributed by atoms with Gasteiger partial charge in [0, 0.05) is 55.0 Å². The van der Waals surface area contributed by atoms with Gasteiger partial charge in [0.05, 0.1) is 36.2 Å². The van der Waals surface area contributed by atoms with Crippen molar-refractivity contribution in [1.29, 1.82) is 0 Å². The molecule has 0 unspecified atom stereocenters. The number of carbonyl (C=O) groups excluding carboxylic acids is 2. The lowest BCUT2D eigenvalue weighted by molar-refractivity contribution is -0.121. The van der Waals surface area contributed by atoms with Crippen LogP contribution in [0, 0.1) is 5.82 Å². The van der Waals surface area contributed by atoms with E-state index in [9.17, 15) is 14.0 Å². The second-order valence-electron chi connectivity index (χ2n) is 12.9. The molecule has 0 saturated carbocycles. The first-order valence-corrected chi connectivity index (χ1v) is 14.7. The van der Waals surface area contributed by atoms with Crippen molar-refractivity contribution in [2.45, 2.75) is 71.2 Å². The van der Waals surface area contributed by atoms with Gasteiger partial charge in [-0.2, -0.15) is 5.10 Å². The third-order valence-corrected chi connectivity index (χ3v) is 8.02. The van der Waals surface area contributed by atoms with Gasteiger partial charge in [0.2, 0.25) is 11.8 Å². The highest BCUT2D eigenvalue weighted by Crippen LogP contribution is 2.42. The molecule has 0 bridgehead atoms. The van der Waals surface area contributed by atoms with Gasteiger partial charge in [-0.05, 0) is 39.8 Å². The average Bonchev–Trinajstić information content (AvgIpc) is 3.44. The van der Waals surface area contributed by atoms with Crippen LogP contribution in [0.25, 0.3) is 0 Å². The number of nitrogens with zero attached hydrogens (tertiary/aromatic N) is 6. The van der Waals surface area contributed by atoms with Crippen LogP contribution >= 0.6 is 11.6 Å². The van der Waals surface area contributed by atoms with Gasteiger partial charge in [-0.3, -0.25) is 14.4 Å². The Morgan fingerprint density at radius 2 is 1.91 bits per heavy atom. The first-order chi connectivity index (χ1) is 20.2. The Labute approximate surface area is 256 Å². The van der Waals surface area contributed by atoms with E-state index in [0.717, 1.165) is 17.4 Å². The number of hydrogen-bond acceptors (Lipinski definition) is 7. The summed E-state index contributed by atoms with van der Waals surface area (Å²) < 4.78 is 26.9. The van der Waals surface area contributed by atoms with E-state index in [1.165, 1.54) is 10.9 Å². The monoisotopic (exact) mass is 612 g/mol. The van der Waals surface area contributed by atoms with Gasteiger partial charge in [0.15, 0.2) is 5.82 Å². The number of anilines is 1. The molecule has 5 rings (SSSR count). The van der Waals surface area contributed by atoms with E-state index < -0.39 is 17.5 Å². The van der Waals surface area contributed by atoms with E-state index in [1.807, 2.05) is 44.7 Å². The summed E-state index contributed by atoms with van der Waals surface area (Å²) in [6, 6.07) is 8.39. The van der Waals surface area contributed by atoms with Crippen LogP contribution in [0.5, 0.6) is 11.6 Å². The molecule has 0 N–H and O–H groups in total. The number of halogens is 2. The maximum Gasteiger partial charge on any atom is 0.410 e. The number of piperazine rings is 1. The number of aromatic nitrogens is 3. The van der Waals surface area contributed by atoms with E-state index in [-0.39, 0.29) is 30.0 Å². The summed E-state index contributed by atoms with van der Waals surface area (Å²) in [4.78, 5) is 37.1. The van der Waals surface area contributed by atoms with Crippen LogP contribution in [-0.2, 0) is 21.5 Å². The number of rotatable bonds is 6. The van der Waals surface area contributed by atoms with Crippen LogP contribution in [0.15, 0.2) is 48.9 Å². The zero-order chi connectivity index (χ0) is 31.1. The van der Waals surface area contributed by atoms with Crippen molar-refractivity contribution in [2.24, 2.45) is 0 Å². The summed E-state index contributed by atoms with van der Waals surface area (Å²) in [7, 11) is 0. The third kappa shape index (κ3) is 6.94. The molecule has 0 spiro atoms. The highest BCUT2D eigenvalue weighted by atomic mass is 35.5. The lowest BCUT2D eigenvalue weighted by atomic mass is 9.88. The molecule has 12 heteroatoms. The molecule has 10 nitrogen and oxygen atoms in total. The molecule has 2 aliphatic heterocycles. The Morgan fingerprint density at radius 3 is 2.58 bits per heavy atom. The van der Waals surface area contributed by atoms with Crippen LogP contribution < -0.4 is 9.64 Å². The van der Waals surface area contributed by atoms with Crippen LogP contribution in [0.4, 0.5) is 14.9 Å². The third-order valence-electron chi connectivity index (χ3n) is 7.70. The number of pyridine rings is 1. The number of para-hydroxylation sites is 1. The second kappa shape index (κ2) is 11.8. The van der Waals surface area contributed by atoms with Gasteiger partial charge in [0.25, 0.3) is 0 Å². The molecule has 2 aromatic heterocycles. The Hall–Kier alpha value is -3.70. The van der Waals surface area contributed by atoms with Crippen LogP contribution in [0.2, 0.25) is 5.02 Å². The highest BCUT2D eigenvalue weighted by molar-refractivity contribution is 6.32. The van der Waals surface area contributed by atoms with E-state index in [2.05, 4.69) is 23.9 Å². The molecule has 2 aliphatic rings. The maximum atomic E-state index is 14.0. The van der Waals surface area contributed by atoms with Crippen molar-refractivity contribution < 1.29 is 23.5 Å². The van der Waals surface area contributed by atoms with Crippen LogP contribution in [0.1, 0.15) is 47.1 Å². The lowest BCUT2D eigenvalue weighted by Crippen LogP contribution is -2.62. The zero-order valence-corrected chi connectivity index (χ0v) is 26.1. The number of benzene rings is 1. The number of fused-ring (bicyclic) bond motifs is 1. The normalized spacial score (nSPS) is 20.2. The van der Waals surface area contributed by atoms with Gasteiger partial charge in [0.1, 0.15) is 11.4 Å². The fourth-order valence-corrected chi connectivity index (χ4v) is 5.79. The highest BCUT2D eigenvalue weighted by Gasteiger charge is 2.42. The number of carbonyl (C=O) groups is 2. The molecule has 43 heavy (non-hydrogen) atoms. The second-order valence-corrected chi connectivity index (χ2v) is 13.3. The minimum absolute atomic E-state index is 0.0967. The number of hydrogen-bond donors (Lipinski definition) is 0. The summed E-state index contributed by atoms with van der Waals surface area (Å²) in [5.41, 5.74) is 0.705. The summed E-state index contributed by atoms with van der Waals surface area (Å²) in [6.07, 6.45) is 3.79. The fourth-order valence-electron chi connectivity index (χ4n) is 5.62. The Morgan fingerprint density at radius 1 is 1.16 bits per heavy atom. The van der Waals surface area contributed by atoms with Crippen molar-refractivity contribution in [3.8, 4) is 11.6 Å². The average molecular weight is 613 g/mol. The molecule has 230 valence electrons. The van der Waals surface area contributed by atoms with Crippen molar-refractivity contribution in [3.63, 3.8) is 0 Å². The lowest BCUT2D eigenvalue weighted by Gasteiger charge is -2.45. The molecule has 0 radical (unpaired) electrons. The van der Waals surface area contributed by atoms with E-state index in [4.69, 9.17) is 21.1 Å². The van der Waals surface area contributed by atoms with Gasteiger partial charge in [-0.15, -0.1) is 0 Å². The predicted octanol–water partition coefficient (Wildman–Crippen LogP) is 5.50. The van der Waals surface area contributed by atoms with E-state index >= 15 is 0 Å². The Balaban J connectivity index is 1.38. The van der Waals surface area contributed by atoms with Crippen LogP contribution in [-0.4, -0.2) is 80.4 Å². The maximum absolute atomic E-state index is 14.0. The molecule has 1 aromatic carbocycles. The first-order valence-electron chi connectivity index (χ1n) is 14.3. The van der Waals surface area contributed by atoms with Gasteiger partial charge >= 0.3 is 6.09 Å². The minimum Gasteiger partial charge on any atom is -0.444 e. The van der Waals surface area contributed by atoms with Gasteiger partial charge < -0.3 is 19.3 Å². The molecule has 1 saturated heterocycles. The minimum atomic E-state index is -0.649. The largest absolute Gasteiger partial charge is 0.444 e. The molecule has 2 atom stereocenters. The Kier molecular flexibility index (Phi) is 8.41. The van der Waals surface area contributed by atoms with Crippen molar-refractivity contribution in [3.05, 3.63) is 65.3 Å². The zero-order valence-electron chi connectivity index (χ0n) is 25.4. The van der Waals surface area contributed by atoms with Crippen molar-refractivity contribution in [2.75, 3.05) is 31.1 Å². The van der Waals surface area contributed by atoms with Crippen LogP contribution in [0.3, 0.4) is 0 Å². The Bertz CT molecular complexity index is 1510. The van der Waals surface area contributed by atoms with E-state index in [1.54, 1.807) is 34.2 Å². The molecule has 2 amide bonds. The smallest absolute Gasteiger partial charge is 0.410 e.